The number of hydrogen-bond acceptors (Lipinski definition) is 9. The average molecular weight is 467 g/mol. The number of anilines is 1. The van der Waals surface area contributed by atoms with E-state index in [0.29, 0.717) is 31.0 Å². The second kappa shape index (κ2) is 9.23. The lowest BCUT2D eigenvalue weighted by Crippen LogP contribution is -2.47. The first-order valence-electron chi connectivity index (χ1n) is 10.8. The lowest BCUT2D eigenvalue weighted by Gasteiger charge is -2.32. The standard InChI is InChI=1S/C22H26N8O4/c1-13(12-31)30-19(26-27-28-30)16-5-4-6-18(24-16)25-20(32)17-9-15-11-29(21(33)22(2,3)34)8-7-14(15)10-23-17/h4-6,9-10,13,31,34H,7-8,11-12H2,1-3H3,(H,24,25,32)/t13-/m1/s1. The van der Waals surface area contributed by atoms with Crippen molar-refractivity contribution < 1.29 is 19.8 Å². The Morgan fingerprint density at radius 1 is 1.26 bits per heavy atom. The van der Waals surface area contributed by atoms with Crippen LogP contribution in [-0.2, 0) is 17.8 Å². The van der Waals surface area contributed by atoms with Gasteiger partial charge in [-0.15, -0.1) is 5.10 Å². The number of carbonyl (C=O) groups excluding carboxylic acids is 2. The molecular weight excluding hydrogens is 440 g/mol. The van der Waals surface area contributed by atoms with E-state index in [-0.39, 0.29) is 30.1 Å². The van der Waals surface area contributed by atoms with Crippen molar-refractivity contribution in [1.82, 2.24) is 35.1 Å². The third kappa shape index (κ3) is 4.77. The van der Waals surface area contributed by atoms with Crippen LogP contribution in [0.4, 0.5) is 5.82 Å². The fraction of sp³-hybridized carbons (Fsp3) is 0.409. The predicted octanol–water partition coefficient (Wildman–Crippen LogP) is 0.591. The monoisotopic (exact) mass is 466 g/mol. The third-order valence-corrected chi connectivity index (χ3v) is 5.53. The summed E-state index contributed by atoms with van der Waals surface area (Å²) in [4.78, 5) is 35.6. The first-order valence-corrected chi connectivity index (χ1v) is 10.8. The molecule has 178 valence electrons. The second-order valence-corrected chi connectivity index (χ2v) is 8.71. The molecule has 12 heteroatoms. The van der Waals surface area contributed by atoms with E-state index in [1.165, 1.54) is 18.5 Å². The largest absolute Gasteiger partial charge is 0.394 e. The van der Waals surface area contributed by atoms with Gasteiger partial charge in [0.2, 0.25) is 5.82 Å². The molecule has 0 aliphatic carbocycles. The normalized spacial score (nSPS) is 14.4. The molecular formula is C22H26N8O4. The van der Waals surface area contributed by atoms with Crippen LogP contribution in [-0.4, -0.2) is 75.9 Å². The summed E-state index contributed by atoms with van der Waals surface area (Å²) in [5, 5.41) is 33.7. The smallest absolute Gasteiger partial charge is 0.275 e. The highest BCUT2D eigenvalue weighted by molar-refractivity contribution is 6.02. The lowest BCUT2D eigenvalue weighted by molar-refractivity contribution is -0.148. The van der Waals surface area contributed by atoms with Crippen LogP contribution in [0.2, 0.25) is 0 Å². The molecule has 4 rings (SSSR count). The highest BCUT2D eigenvalue weighted by atomic mass is 16.3. The summed E-state index contributed by atoms with van der Waals surface area (Å²) in [6, 6.07) is 6.36. The first kappa shape index (κ1) is 23.4. The van der Waals surface area contributed by atoms with Crippen molar-refractivity contribution in [3.63, 3.8) is 0 Å². The fourth-order valence-corrected chi connectivity index (χ4v) is 3.67. The average Bonchev–Trinajstić information content (AvgIpc) is 3.32. The van der Waals surface area contributed by atoms with Crippen LogP contribution in [0.5, 0.6) is 0 Å². The summed E-state index contributed by atoms with van der Waals surface area (Å²) in [6.07, 6.45) is 2.24. The molecule has 3 aromatic heterocycles. The van der Waals surface area contributed by atoms with E-state index in [2.05, 4.69) is 30.8 Å². The van der Waals surface area contributed by atoms with E-state index in [0.717, 1.165) is 11.1 Å². The molecule has 0 radical (unpaired) electrons. The Labute approximate surface area is 195 Å². The van der Waals surface area contributed by atoms with Crippen molar-refractivity contribution in [1.29, 1.82) is 0 Å². The maximum Gasteiger partial charge on any atom is 0.275 e. The zero-order chi connectivity index (χ0) is 24.5. The summed E-state index contributed by atoms with van der Waals surface area (Å²) < 4.78 is 1.46. The molecule has 3 aromatic rings. The zero-order valence-corrected chi connectivity index (χ0v) is 19.1. The number of hydrogen-bond donors (Lipinski definition) is 3. The molecule has 0 unspecified atom stereocenters. The van der Waals surface area contributed by atoms with Gasteiger partial charge in [0.15, 0.2) is 0 Å². The van der Waals surface area contributed by atoms with Gasteiger partial charge in [-0.25, -0.2) is 9.67 Å². The minimum absolute atomic E-state index is 0.142. The van der Waals surface area contributed by atoms with Gasteiger partial charge in [0, 0.05) is 19.3 Å². The van der Waals surface area contributed by atoms with E-state index in [9.17, 15) is 19.8 Å². The predicted molar refractivity (Wildman–Crippen MR) is 120 cm³/mol. The molecule has 0 aromatic carbocycles. The Morgan fingerprint density at radius 2 is 2.06 bits per heavy atom. The summed E-state index contributed by atoms with van der Waals surface area (Å²) in [5.41, 5.74) is 0.921. The first-order chi connectivity index (χ1) is 16.2. The second-order valence-electron chi connectivity index (χ2n) is 8.71. The van der Waals surface area contributed by atoms with Crippen LogP contribution < -0.4 is 5.32 Å². The van der Waals surface area contributed by atoms with Crippen LogP contribution in [0.3, 0.4) is 0 Å². The van der Waals surface area contributed by atoms with Crippen molar-refractivity contribution >= 4 is 17.6 Å². The van der Waals surface area contributed by atoms with Gasteiger partial charge in [0.05, 0.1) is 12.6 Å². The van der Waals surface area contributed by atoms with Gasteiger partial charge in [-0.3, -0.25) is 14.6 Å². The Balaban J connectivity index is 1.52. The molecule has 1 atom stereocenters. The number of tetrazole rings is 1. The zero-order valence-electron chi connectivity index (χ0n) is 19.1. The van der Waals surface area contributed by atoms with Gasteiger partial charge in [0.1, 0.15) is 22.8 Å². The fourth-order valence-electron chi connectivity index (χ4n) is 3.67. The van der Waals surface area contributed by atoms with Crippen LogP contribution in [0.15, 0.2) is 30.5 Å². The lowest BCUT2D eigenvalue weighted by atomic mass is 9.99. The third-order valence-electron chi connectivity index (χ3n) is 5.53. The maximum absolute atomic E-state index is 12.9. The topological polar surface area (TPSA) is 159 Å². The molecule has 0 fully saturated rings. The maximum atomic E-state index is 12.9. The molecule has 0 spiro atoms. The number of rotatable bonds is 6. The van der Waals surface area contributed by atoms with Crippen molar-refractivity contribution in [3.05, 3.63) is 47.3 Å². The molecule has 34 heavy (non-hydrogen) atoms. The number of aliphatic hydroxyl groups is 2. The van der Waals surface area contributed by atoms with Gasteiger partial charge in [-0.1, -0.05) is 6.07 Å². The number of nitrogens with one attached hydrogen (secondary N) is 1. The molecule has 0 bridgehead atoms. The highest BCUT2D eigenvalue weighted by Crippen LogP contribution is 2.23. The molecule has 12 nitrogen and oxygen atoms in total. The number of aromatic nitrogens is 6. The molecule has 3 N–H and O–H groups in total. The SMILES string of the molecule is C[C@H](CO)n1nnnc1-c1cccc(NC(=O)c2cc3c(cn2)CCN(C(=O)C(C)(C)O)C3)n1. The van der Waals surface area contributed by atoms with Crippen molar-refractivity contribution in [2.45, 2.75) is 45.4 Å². The Morgan fingerprint density at radius 3 is 2.79 bits per heavy atom. The number of fused-ring (bicyclic) bond motifs is 1. The van der Waals surface area contributed by atoms with Crippen molar-refractivity contribution in [2.75, 3.05) is 18.5 Å². The van der Waals surface area contributed by atoms with Crippen molar-refractivity contribution in [2.24, 2.45) is 0 Å². The van der Waals surface area contributed by atoms with E-state index >= 15 is 0 Å². The van der Waals surface area contributed by atoms with Gasteiger partial charge in [0.25, 0.3) is 11.8 Å². The highest BCUT2D eigenvalue weighted by Gasteiger charge is 2.31. The molecule has 1 aliphatic rings. The molecule has 0 saturated carbocycles. The Kier molecular flexibility index (Phi) is 6.35. The summed E-state index contributed by atoms with van der Waals surface area (Å²) in [5.74, 6) is -0.172. The van der Waals surface area contributed by atoms with E-state index in [1.807, 2.05) is 0 Å². The summed E-state index contributed by atoms with van der Waals surface area (Å²) >= 11 is 0. The van der Waals surface area contributed by atoms with Crippen LogP contribution in [0.25, 0.3) is 11.5 Å². The van der Waals surface area contributed by atoms with Gasteiger partial charge in [-0.05, 0) is 66.9 Å². The summed E-state index contributed by atoms with van der Waals surface area (Å²) in [6.45, 7) is 5.32. The molecule has 0 saturated heterocycles. The van der Waals surface area contributed by atoms with Crippen LogP contribution in [0, 0.1) is 0 Å². The molecule has 2 amide bonds. The number of amides is 2. The van der Waals surface area contributed by atoms with Crippen LogP contribution in [0.1, 0.15) is 48.4 Å². The van der Waals surface area contributed by atoms with Crippen molar-refractivity contribution in [3.8, 4) is 11.5 Å². The number of carbonyl (C=O) groups is 2. The minimum atomic E-state index is -1.46. The van der Waals surface area contributed by atoms with E-state index in [4.69, 9.17) is 0 Å². The van der Waals surface area contributed by atoms with Gasteiger partial charge < -0.3 is 20.4 Å². The van der Waals surface area contributed by atoms with Crippen LogP contribution >= 0.6 is 0 Å². The Bertz CT molecular complexity index is 1220. The quantitative estimate of drug-likeness (QED) is 0.472. The number of aliphatic hydroxyl groups excluding tert-OH is 1. The summed E-state index contributed by atoms with van der Waals surface area (Å²) in [7, 11) is 0. The van der Waals surface area contributed by atoms with E-state index < -0.39 is 11.5 Å². The van der Waals surface area contributed by atoms with Gasteiger partial charge in [-0.2, -0.15) is 0 Å². The Hall–Kier alpha value is -3.77. The number of nitrogens with zero attached hydrogens (tertiary/aromatic N) is 7. The van der Waals surface area contributed by atoms with Gasteiger partial charge >= 0.3 is 0 Å². The minimum Gasteiger partial charge on any atom is -0.394 e. The number of pyridine rings is 2. The molecule has 4 heterocycles. The molecule has 1 aliphatic heterocycles. The van der Waals surface area contributed by atoms with E-state index in [1.54, 1.807) is 42.3 Å².